The lowest BCUT2D eigenvalue weighted by Gasteiger charge is -2.13. The first-order valence-electron chi connectivity index (χ1n) is 5.23. The maximum Gasteiger partial charge on any atom is 0.328 e. The van der Waals surface area contributed by atoms with Crippen molar-refractivity contribution in [3.05, 3.63) is 12.2 Å². The molecule has 1 amide bonds. The average Bonchev–Trinajstić information content (AvgIpc) is 2.57. The molecule has 1 aliphatic rings. The zero-order valence-electron chi connectivity index (χ0n) is 9.55. The minimum absolute atomic E-state index is 0.243. The Labute approximate surface area is 94.7 Å². The molecule has 1 heterocycles. The minimum Gasteiger partial charge on any atom is -0.478 e. The van der Waals surface area contributed by atoms with Gasteiger partial charge in [0.1, 0.15) is 0 Å². The summed E-state index contributed by atoms with van der Waals surface area (Å²) in [5.74, 6) is -0.615. The molecule has 0 spiro atoms. The van der Waals surface area contributed by atoms with Crippen LogP contribution < -0.4 is 0 Å². The van der Waals surface area contributed by atoms with Crippen molar-refractivity contribution in [1.29, 1.82) is 0 Å². The van der Waals surface area contributed by atoms with E-state index in [-0.39, 0.29) is 5.91 Å². The molecule has 1 N–H and O–H groups in total. The number of hydrogen-bond acceptors (Lipinski definition) is 3. The molecule has 0 saturated carbocycles. The van der Waals surface area contributed by atoms with Gasteiger partial charge in [0.05, 0.1) is 6.61 Å². The third-order valence-corrected chi connectivity index (χ3v) is 2.83. The SMILES string of the molecule is COC[C@@H]1CN(C(=O)/C=C/C(=O)O)C[C@@H]1C. The van der Waals surface area contributed by atoms with E-state index in [1.54, 1.807) is 12.0 Å². The smallest absolute Gasteiger partial charge is 0.328 e. The van der Waals surface area contributed by atoms with Gasteiger partial charge in [-0.3, -0.25) is 4.79 Å². The van der Waals surface area contributed by atoms with E-state index in [1.807, 2.05) is 0 Å². The molecule has 5 nitrogen and oxygen atoms in total. The number of carbonyl (C=O) groups excluding carboxylic acids is 1. The van der Waals surface area contributed by atoms with Crippen LogP contribution in [0.5, 0.6) is 0 Å². The van der Waals surface area contributed by atoms with Crippen LogP contribution in [0.25, 0.3) is 0 Å². The largest absolute Gasteiger partial charge is 0.478 e. The second-order valence-electron chi connectivity index (χ2n) is 4.11. The van der Waals surface area contributed by atoms with Crippen LogP contribution in [0.15, 0.2) is 12.2 Å². The molecule has 0 radical (unpaired) electrons. The Kier molecular flexibility index (Phi) is 4.49. The Morgan fingerprint density at radius 1 is 1.44 bits per heavy atom. The summed E-state index contributed by atoms with van der Waals surface area (Å²) < 4.78 is 5.07. The van der Waals surface area contributed by atoms with Gasteiger partial charge in [0.2, 0.25) is 5.91 Å². The number of methoxy groups -OCH3 is 1. The molecule has 1 saturated heterocycles. The summed E-state index contributed by atoms with van der Waals surface area (Å²) in [7, 11) is 1.64. The first-order valence-corrected chi connectivity index (χ1v) is 5.23. The van der Waals surface area contributed by atoms with Crippen molar-refractivity contribution in [3.63, 3.8) is 0 Å². The summed E-state index contributed by atoms with van der Waals surface area (Å²) in [6.45, 7) is 4.00. The lowest BCUT2D eigenvalue weighted by Crippen LogP contribution is -2.27. The summed E-state index contributed by atoms with van der Waals surface area (Å²) in [5, 5.41) is 8.42. The number of carboxylic acid groups (broad SMARTS) is 1. The van der Waals surface area contributed by atoms with Crippen molar-refractivity contribution in [3.8, 4) is 0 Å². The van der Waals surface area contributed by atoms with Crippen molar-refractivity contribution < 1.29 is 19.4 Å². The van der Waals surface area contributed by atoms with Crippen LogP contribution in [-0.2, 0) is 14.3 Å². The highest BCUT2D eigenvalue weighted by Gasteiger charge is 2.31. The van der Waals surface area contributed by atoms with Gasteiger partial charge in [-0.2, -0.15) is 0 Å². The number of carbonyl (C=O) groups is 2. The van der Waals surface area contributed by atoms with Gasteiger partial charge in [0, 0.05) is 38.3 Å². The Balaban J connectivity index is 2.51. The van der Waals surface area contributed by atoms with Gasteiger partial charge in [-0.25, -0.2) is 4.79 Å². The minimum atomic E-state index is -1.10. The van der Waals surface area contributed by atoms with Gasteiger partial charge in [0.15, 0.2) is 0 Å². The maximum atomic E-state index is 11.6. The predicted molar refractivity (Wildman–Crippen MR) is 57.9 cm³/mol. The molecule has 16 heavy (non-hydrogen) atoms. The molecule has 1 fully saturated rings. The van der Waals surface area contributed by atoms with Gasteiger partial charge in [-0.1, -0.05) is 6.92 Å². The molecular weight excluding hydrogens is 210 g/mol. The Bertz CT molecular complexity index is 300. The van der Waals surface area contributed by atoms with E-state index in [4.69, 9.17) is 9.84 Å². The molecule has 0 aliphatic carbocycles. The predicted octanol–water partition coefficient (Wildman–Crippen LogP) is 0.368. The fourth-order valence-corrected chi connectivity index (χ4v) is 1.89. The average molecular weight is 227 g/mol. The lowest BCUT2D eigenvalue weighted by atomic mass is 10.00. The highest BCUT2D eigenvalue weighted by atomic mass is 16.5. The van der Waals surface area contributed by atoms with Crippen LogP contribution in [-0.4, -0.2) is 48.7 Å². The Morgan fingerprint density at radius 3 is 2.69 bits per heavy atom. The monoisotopic (exact) mass is 227 g/mol. The van der Waals surface area contributed by atoms with Crippen molar-refractivity contribution in [2.45, 2.75) is 6.92 Å². The van der Waals surface area contributed by atoms with Crippen LogP contribution in [0.3, 0.4) is 0 Å². The highest BCUT2D eigenvalue weighted by molar-refractivity contribution is 5.94. The van der Waals surface area contributed by atoms with Crippen LogP contribution in [0.4, 0.5) is 0 Å². The summed E-state index contributed by atoms with van der Waals surface area (Å²) in [6.07, 6.45) is 1.97. The van der Waals surface area contributed by atoms with Crippen LogP contribution in [0.1, 0.15) is 6.92 Å². The van der Waals surface area contributed by atoms with Crippen molar-refractivity contribution in [2.24, 2.45) is 11.8 Å². The number of ether oxygens (including phenoxy) is 1. The normalized spacial score (nSPS) is 25.2. The van der Waals surface area contributed by atoms with Crippen LogP contribution in [0, 0.1) is 11.8 Å². The summed E-state index contributed by atoms with van der Waals surface area (Å²) in [6, 6.07) is 0. The van der Waals surface area contributed by atoms with Crippen molar-refractivity contribution >= 4 is 11.9 Å². The number of carboxylic acids is 1. The summed E-state index contributed by atoms with van der Waals surface area (Å²) >= 11 is 0. The van der Waals surface area contributed by atoms with Gasteiger partial charge in [-0.15, -0.1) is 0 Å². The molecule has 0 bridgehead atoms. The van der Waals surface area contributed by atoms with E-state index in [0.717, 1.165) is 12.2 Å². The Morgan fingerprint density at radius 2 is 2.12 bits per heavy atom. The first kappa shape index (κ1) is 12.7. The molecule has 0 aromatic heterocycles. The molecule has 0 unspecified atom stereocenters. The highest BCUT2D eigenvalue weighted by Crippen LogP contribution is 2.23. The molecule has 2 atom stereocenters. The fraction of sp³-hybridized carbons (Fsp3) is 0.636. The molecule has 1 rings (SSSR count). The van der Waals surface area contributed by atoms with Crippen LogP contribution in [0.2, 0.25) is 0 Å². The van der Waals surface area contributed by atoms with E-state index in [0.29, 0.717) is 31.5 Å². The number of amides is 1. The molecule has 1 aliphatic heterocycles. The molecule has 5 heteroatoms. The fourth-order valence-electron chi connectivity index (χ4n) is 1.89. The summed E-state index contributed by atoms with van der Waals surface area (Å²) in [5.41, 5.74) is 0. The molecule has 0 aromatic rings. The maximum absolute atomic E-state index is 11.6. The van der Waals surface area contributed by atoms with Gasteiger partial charge in [0.25, 0.3) is 0 Å². The lowest BCUT2D eigenvalue weighted by molar-refractivity contribution is -0.132. The Hall–Kier alpha value is -1.36. The topological polar surface area (TPSA) is 66.8 Å². The van der Waals surface area contributed by atoms with E-state index < -0.39 is 5.97 Å². The van der Waals surface area contributed by atoms with Crippen LogP contribution >= 0.6 is 0 Å². The van der Waals surface area contributed by atoms with E-state index in [9.17, 15) is 9.59 Å². The second kappa shape index (κ2) is 5.65. The van der Waals surface area contributed by atoms with E-state index >= 15 is 0 Å². The summed E-state index contributed by atoms with van der Waals surface area (Å²) in [4.78, 5) is 23.5. The standard InChI is InChI=1S/C11H17NO4/c1-8-5-12(6-9(8)7-16-2)10(13)3-4-11(14)15/h3-4,8-9H,5-7H2,1-2H3,(H,14,15)/b4-3+/t8-,9-/m0/s1. The second-order valence-corrected chi connectivity index (χ2v) is 4.11. The molecular formula is C11H17NO4. The van der Waals surface area contributed by atoms with E-state index in [2.05, 4.69) is 6.92 Å². The zero-order valence-corrected chi connectivity index (χ0v) is 9.55. The number of aliphatic carboxylic acids is 1. The van der Waals surface area contributed by atoms with Crippen molar-refractivity contribution in [2.75, 3.05) is 26.8 Å². The number of rotatable bonds is 4. The van der Waals surface area contributed by atoms with E-state index in [1.165, 1.54) is 0 Å². The van der Waals surface area contributed by atoms with Gasteiger partial charge in [-0.05, 0) is 5.92 Å². The molecule has 0 aromatic carbocycles. The van der Waals surface area contributed by atoms with Crippen molar-refractivity contribution in [1.82, 2.24) is 4.90 Å². The number of nitrogens with zero attached hydrogens (tertiary/aromatic N) is 1. The van der Waals surface area contributed by atoms with Gasteiger partial charge >= 0.3 is 5.97 Å². The molecule has 90 valence electrons. The first-order chi connectivity index (χ1) is 7.54. The quantitative estimate of drug-likeness (QED) is 0.704. The third-order valence-electron chi connectivity index (χ3n) is 2.83. The third kappa shape index (κ3) is 3.34. The number of likely N-dealkylation sites (tertiary alicyclic amines) is 1. The zero-order chi connectivity index (χ0) is 12.1. The van der Waals surface area contributed by atoms with Gasteiger partial charge < -0.3 is 14.7 Å². The number of hydrogen-bond donors (Lipinski definition) is 1.